The summed E-state index contributed by atoms with van der Waals surface area (Å²) in [7, 11) is 0. The molecule has 0 saturated carbocycles. The Morgan fingerprint density at radius 1 is 0.958 bits per heavy atom. The molecule has 3 N–H and O–H groups in total. The minimum absolute atomic E-state index is 0.0537. The molecule has 0 unspecified atom stereocenters. The Kier molecular flexibility index (Phi) is 6.60. The van der Waals surface area contributed by atoms with E-state index in [0.29, 0.717) is 17.8 Å². The lowest BCUT2D eigenvalue weighted by Gasteiger charge is -2.12. The number of carbonyl (C=O) groups excluding carboxylic acids is 2. The van der Waals surface area contributed by atoms with Gasteiger partial charge in [-0.1, -0.05) is 13.0 Å². The first-order chi connectivity index (χ1) is 11.5. The molecule has 2 aromatic carbocycles. The minimum atomic E-state index is -0.148. The molecule has 5 nitrogen and oxygen atoms in total. The smallest absolute Gasteiger partial charge is 0.243 e. The summed E-state index contributed by atoms with van der Waals surface area (Å²) in [6, 6.07) is 13.3. The molecule has 2 amide bonds. The molecular formula is C18H20IN3O2. The fourth-order valence-electron chi connectivity index (χ4n) is 2.03. The summed E-state index contributed by atoms with van der Waals surface area (Å²) >= 11 is 2.23. The van der Waals surface area contributed by atoms with Gasteiger partial charge in [0.15, 0.2) is 0 Å². The number of halogens is 1. The first-order valence-electron chi connectivity index (χ1n) is 7.67. The van der Waals surface area contributed by atoms with Crippen LogP contribution in [0.5, 0.6) is 0 Å². The first kappa shape index (κ1) is 18.3. The number of rotatable bonds is 6. The van der Waals surface area contributed by atoms with Crippen LogP contribution in [-0.4, -0.2) is 18.4 Å². The van der Waals surface area contributed by atoms with Gasteiger partial charge < -0.3 is 16.0 Å². The Morgan fingerprint density at radius 3 is 2.29 bits per heavy atom. The van der Waals surface area contributed by atoms with E-state index in [4.69, 9.17) is 0 Å². The van der Waals surface area contributed by atoms with E-state index < -0.39 is 0 Å². The van der Waals surface area contributed by atoms with Crippen LogP contribution in [0.15, 0.2) is 42.5 Å². The van der Waals surface area contributed by atoms with Gasteiger partial charge in [0.2, 0.25) is 11.8 Å². The quantitative estimate of drug-likeness (QED) is 0.599. The first-order valence-corrected chi connectivity index (χ1v) is 8.75. The van der Waals surface area contributed by atoms with Crippen LogP contribution in [0.2, 0.25) is 0 Å². The van der Waals surface area contributed by atoms with E-state index in [1.54, 1.807) is 13.0 Å². The van der Waals surface area contributed by atoms with Crippen molar-refractivity contribution in [3.63, 3.8) is 0 Å². The number of hydrogen-bond acceptors (Lipinski definition) is 3. The number of benzene rings is 2. The highest BCUT2D eigenvalue weighted by molar-refractivity contribution is 14.1. The van der Waals surface area contributed by atoms with E-state index in [1.165, 1.54) is 0 Å². The van der Waals surface area contributed by atoms with E-state index in [2.05, 4.69) is 38.5 Å². The lowest BCUT2D eigenvalue weighted by molar-refractivity contribution is -0.116. The van der Waals surface area contributed by atoms with E-state index in [-0.39, 0.29) is 18.4 Å². The normalized spacial score (nSPS) is 10.1. The highest BCUT2D eigenvalue weighted by Crippen LogP contribution is 2.20. The van der Waals surface area contributed by atoms with Gasteiger partial charge in [0.25, 0.3) is 0 Å². The van der Waals surface area contributed by atoms with Gasteiger partial charge in [-0.25, -0.2) is 0 Å². The number of amides is 2. The average Bonchev–Trinajstić information content (AvgIpc) is 2.57. The van der Waals surface area contributed by atoms with E-state index >= 15 is 0 Å². The molecule has 0 spiro atoms. The summed E-state index contributed by atoms with van der Waals surface area (Å²) in [4.78, 5) is 23.6. The highest BCUT2D eigenvalue weighted by atomic mass is 127. The van der Waals surface area contributed by atoms with E-state index in [1.807, 2.05) is 43.3 Å². The second kappa shape index (κ2) is 8.68. The maximum absolute atomic E-state index is 12.1. The van der Waals surface area contributed by atoms with Gasteiger partial charge in [-0.3, -0.25) is 9.59 Å². The van der Waals surface area contributed by atoms with Crippen LogP contribution in [0.25, 0.3) is 0 Å². The van der Waals surface area contributed by atoms with Crippen LogP contribution in [0.1, 0.15) is 18.9 Å². The molecule has 0 heterocycles. The Balaban J connectivity index is 1.94. The fraction of sp³-hybridized carbons (Fsp3) is 0.222. The third kappa shape index (κ3) is 5.52. The SMILES string of the molecule is CCC(=O)Nc1cc(NC(=O)CNc2ccc(I)cc2)ccc1C. The molecule has 0 fully saturated rings. The van der Waals surface area contributed by atoms with Crippen LogP contribution < -0.4 is 16.0 Å². The van der Waals surface area contributed by atoms with Crippen LogP contribution in [-0.2, 0) is 9.59 Å². The maximum atomic E-state index is 12.1. The van der Waals surface area contributed by atoms with Crippen molar-refractivity contribution in [2.75, 3.05) is 22.5 Å². The van der Waals surface area contributed by atoms with Gasteiger partial charge in [-0.05, 0) is 71.5 Å². The lowest BCUT2D eigenvalue weighted by Crippen LogP contribution is -2.22. The molecule has 0 saturated heterocycles. The number of carbonyl (C=O) groups is 2. The molecule has 6 heteroatoms. The largest absolute Gasteiger partial charge is 0.376 e. The van der Waals surface area contributed by atoms with Gasteiger partial charge in [-0.15, -0.1) is 0 Å². The van der Waals surface area contributed by atoms with Crippen molar-refractivity contribution in [2.45, 2.75) is 20.3 Å². The highest BCUT2D eigenvalue weighted by Gasteiger charge is 2.07. The van der Waals surface area contributed by atoms with Crippen molar-refractivity contribution < 1.29 is 9.59 Å². The van der Waals surface area contributed by atoms with Crippen molar-refractivity contribution in [3.05, 3.63) is 51.6 Å². The molecule has 0 aliphatic rings. The molecule has 0 radical (unpaired) electrons. The lowest BCUT2D eigenvalue weighted by atomic mass is 10.1. The molecule has 0 atom stereocenters. The van der Waals surface area contributed by atoms with Gasteiger partial charge in [0, 0.05) is 27.1 Å². The second-order valence-corrected chi connectivity index (χ2v) is 6.59. The van der Waals surface area contributed by atoms with Gasteiger partial charge >= 0.3 is 0 Å². The van der Waals surface area contributed by atoms with Gasteiger partial charge in [0.1, 0.15) is 0 Å². The number of anilines is 3. The molecule has 24 heavy (non-hydrogen) atoms. The Labute approximate surface area is 155 Å². The van der Waals surface area contributed by atoms with Crippen LogP contribution >= 0.6 is 22.6 Å². The Hall–Kier alpha value is -2.09. The number of nitrogens with one attached hydrogen (secondary N) is 3. The topological polar surface area (TPSA) is 70.2 Å². The van der Waals surface area contributed by atoms with Crippen LogP contribution in [0.4, 0.5) is 17.1 Å². The van der Waals surface area contributed by atoms with Crippen molar-refractivity contribution >= 4 is 51.5 Å². The third-order valence-corrected chi connectivity index (χ3v) is 4.13. The molecule has 0 aliphatic heterocycles. The monoisotopic (exact) mass is 437 g/mol. The third-order valence-electron chi connectivity index (χ3n) is 3.41. The number of aryl methyl sites for hydroxylation is 1. The molecular weight excluding hydrogens is 417 g/mol. The predicted molar refractivity (Wildman–Crippen MR) is 106 cm³/mol. The Bertz CT molecular complexity index is 730. The van der Waals surface area contributed by atoms with Gasteiger partial charge in [-0.2, -0.15) is 0 Å². The van der Waals surface area contributed by atoms with Crippen LogP contribution in [0, 0.1) is 10.5 Å². The van der Waals surface area contributed by atoms with E-state index in [9.17, 15) is 9.59 Å². The average molecular weight is 437 g/mol. The zero-order valence-electron chi connectivity index (χ0n) is 13.7. The summed E-state index contributed by atoms with van der Waals surface area (Å²) in [5.74, 6) is -0.202. The summed E-state index contributed by atoms with van der Waals surface area (Å²) in [5.41, 5.74) is 3.21. The number of hydrogen-bond donors (Lipinski definition) is 3. The van der Waals surface area contributed by atoms with Crippen molar-refractivity contribution in [1.82, 2.24) is 0 Å². The molecule has 0 bridgehead atoms. The summed E-state index contributed by atoms with van der Waals surface area (Å²) in [6.45, 7) is 3.88. The molecule has 0 aromatic heterocycles. The zero-order chi connectivity index (χ0) is 17.5. The Morgan fingerprint density at radius 2 is 1.62 bits per heavy atom. The molecule has 126 valence electrons. The summed E-state index contributed by atoms with van der Waals surface area (Å²) < 4.78 is 1.14. The predicted octanol–water partition coefficient (Wildman–Crippen LogP) is 4.00. The maximum Gasteiger partial charge on any atom is 0.243 e. The molecule has 2 rings (SSSR count). The van der Waals surface area contributed by atoms with Crippen molar-refractivity contribution in [1.29, 1.82) is 0 Å². The van der Waals surface area contributed by atoms with Gasteiger partial charge in [0.05, 0.1) is 6.54 Å². The zero-order valence-corrected chi connectivity index (χ0v) is 15.8. The second-order valence-electron chi connectivity index (χ2n) is 5.34. The summed E-state index contributed by atoms with van der Waals surface area (Å²) in [5, 5.41) is 8.73. The summed E-state index contributed by atoms with van der Waals surface area (Å²) in [6.07, 6.45) is 0.413. The van der Waals surface area contributed by atoms with Crippen LogP contribution in [0.3, 0.4) is 0 Å². The fourth-order valence-corrected chi connectivity index (χ4v) is 2.39. The van der Waals surface area contributed by atoms with E-state index in [0.717, 1.165) is 14.8 Å². The molecule has 0 aliphatic carbocycles. The minimum Gasteiger partial charge on any atom is -0.376 e. The van der Waals surface area contributed by atoms with Crippen molar-refractivity contribution in [2.24, 2.45) is 0 Å². The molecule has 2 aromatic rings. The van der Waals surface area contributed by atoms with Crippen molar-refractivity contribution in [3.8, 4) is 0 Å². The standard InChI is InChI=1S/C18H20IN3O2/c1-3-17(23)22-16-10-15(7-4-12(16)2)21-18(24)11-20-14-8-5-13(19)6-9-14/h4-10,20H,3,11H2,1-2H3,(H,21,24)(H,22,23).